The predicted molar refractivity (Wildman–Crippen MR) is 61.9 cm³/mol. The molecule has 0 saturated carbocycles. The monoisotopic (exact) mass is 271 g/mol. The van der Waals surface area contributed by atoms with E-state index in [9.17, 15) is 8.42 Å². The summed E-state index contributed by atoms with van der Waals surface area (Å²) < 4.78 is 32.3. The number of sulfonamides is 1. The first kappa shape index (κ1) is 12.8. The van der Waals surface area contributed by atoms with E-state index < -0.39 is 10.0 Å². The van der Waals surface area contributed by atoms with Gasteiger partial charge in [0.15, 0.2) is 0 Å². The van der Waals surface area contributed by atoms with Crippen LogP contribution in [0, 0.1) is 6.92 Å². The lowest BCUT2D eigenvalue weighted by molar-refractivity contribution is 0.391. The molecule has 0 radical (unpaired) electrons. The summed E-state index contributed by atoms with van der Waals surface area (Å²) in [6.07, 6.45) is 1.63. The van der Waals surface area contributed by atoms with Crippen molar-refractivity contribution in [2.75, 3.05) is 0 Å². The van der Waals surface area contributed by atoms with Gasteiger partial charge in [-0.3, -0.25) is 0 Å². The molecule has 0 amide bonds. The molecule has 0 saturated heterocycles. The number of rotatable bonds is 5. The molecule has 0 atom stereocenters. The summed E-state index contributed by atoms with van der Waals surface area (Å²) in [6.45, 7) is 2.59. The second kappa shape index (κ2) is 4.92. The minimum atomic E-state index is -3.78. The third kappa shape index (κ3) is 3.19. The number of furan rings is 1. The van der Waals surface area contributed by atoms with Gasteiger partial charge in [0.25, 0.3) is 10.0 Å². The van der Waals surface area contributed by atoms with Gasteiger partial charge in [-0.2, -0.15) is 0 Å². The highest BCUT2D eigenvalue weighted by molar-refractivity contribution is 7.89. The predicted octanol–water partition coefficient (Wildman–Crippen LogP) is 0.513. The normalized spacial score (nSPS) is 11.9. The zero-order valence-corrected chi connectivity index (χ0v) is 10.5. The molecule has 2 aromatic rings. The van der Waals surface area contributed by atoms with Crippen molar-refractivity contribution in [2.24, 2.45) is 5.14 Å². The van der Waals surface area contributed by atoms with Crippen LogP contribution in [0.5, 0.6) is 0 Å². The van der Waals surface area contributed by atoms with Crippen molar-refractivity contribution in [2.45, 2.75) is 25.1 Å². The third-order valence-electron chi connectivity index (χ3n) is 2.16. The van der Waals surface area contributed by atoms with Crippen molar-refractivity contribution in [1.82, 2.24) is 10.3 Å². The highest BCUT2D eigenvalue weighted by Crippen LogP contribution is 2.12. The molecule has 2 aromatic heterocycles. The van der Waals surface area contributed by atoms with Gasteiger partial charge in [-0.1, -0.05) is 0 Å². The standard InChI is InChI=1S/C10H13N3O4S/c1-7-4-13-9(16-7)6-12-5-8-2-3-10(17-8)18(11,14)15/h2-4,12H,5-6H2,1H3,(H2,11,14,15). The molecule has 0 aliphatic rings. The summed E-state index contributed by atoms with van der Waals surface area (Å²) in [4.78, 5) is 4.02. The second-order valence-electron chi connectivity index (χ2n) is 3.73. The molecule has 0 aliphatic carbocycles. The Balaban J connectivity index is 1.89. The van der Waals surface area contributed by atoms with Crippen molar-refractivity contribution in [1.29, 1.82) is 0 Å². The number of primary sulfonamides is 1. The molecule has 0 aliphatic heterocycles. The lowest BCUT2D eigenvalue weighted by Crippen LogP contribution is -2.13. The van der Waals surface area contributed by atoms with Crippen LogP contribution < -0.4 is 10.5 Å². The Labute approximate surface area is 104 Å². The smallest absolute Gasteiger partial charge is 0.271 e. The fourth-order valence-corrected chi connectivity index (χ4v) is 1.86. The molecule has 18 heavy (non-hydrogen) atoms. The molecule has 3 N–H and O–H groups in total. The van der Waals surface area contributed by atoms with Crippen molar-refractivity contribution < 1.29 is 17.3 Å². The molecule has 2 heterocycles. The van der Waals surface area contributed by atoms with Gasteiger partial charge in [0.2, 0.25) is 11.0 Å². The first-order valence-corrected chi connectivity index (χ1v) is 6.73. The molecule has 0 spiro atoms. The summed E-state index contributed by atoms with van der Waals surface area (Å²) in [6, 6.07) is 2.87. The van der Waals surface area contributed by atoms with E-state index in [1.54, 1.807) is 19.2 Å². The number of nitrogens with zero attached hydrogens (tertiary/aromatic N) is 1. The van der Waals surface area contributed by atoms with Crippen LogP contribution in [-0.4, -0.2) is 13.4 Å². The van der Waals surface area contributed by atoms with E-state index in [-0.39, 0.29) is 5.09 Å². The minimum absolute atomic E-state index is 0.244. The van der Waals surface area contributed by atoms with Gasteiger partial charge in [-0.05, 0) is 19.1 Å². The maximum Gasteiger partial charge on any atom is 0.271 e. The summed E-state index contributed by atoms with van der Waals surface area (Å²) in [7, 11) is -3.78. The van der Waals surface area contributed by atoms with Gasteiger partial charge in [0.1, 0.15) is 11.5 Å². The van der Waals surface area contributed by atoms with Crippen LogP contribution in [0.3, 0.4) is 0 Å². The fourth-order valence-electron chi connectivity index (χ4n) is 1.38. The van der Waals surface area contributed by atoms with Crippen molar-refractivity contribution >= 4 is 10.0 Å². The van der Waals surface area contributed by atoms with E-state index in [0.717, 1.165) is 5.76 Å². The van der Waals surface area contributed by atoms with Gasteiger partial charge in [0.05, 0.1) is 19.3 Å². The second-order valence-corrected chi connectivity index (χ2v) is 5.23. The van der Waals surface area contributed by atoms with Crippen LogP contribution >= 0.6 is 0 Å². The number of aryl methyl sites for hydroxylation is 1. The SMILES string of the molecule is Cc1cnc(CNCc2ccc(S(N)(=O)=O)o2)o1. The average Bonchev–Trinajstić information content (AvgIpc) is 2.87. The lowest BCUT2D eigenvalue weighted by atomic mass is 10.4. The van der Waals surface area contributed by atoms with E-state index in [4.69, 9.17) is 14.0 Å². The third-order valence-corrected chi connectivity index (χ3v) is 2.94. The lowest BCUT2D eigenvalue weighted by Gasteiger charge is -1.98. The van der Waals surface area contributed by atoms with Gasteiger partial charge in [-0.25, -0.2) is 18.5 Å². The van der Waals surface area contributed by atoms with Crippen molar-refractivity contribution in [3.05, 3.63) is 35.7 Å². The molecule has 2 rings (SSSR count). The molecule has 98 valence electrons. The molecule has 0 aromatic carbocycles. The van der Waals surface area contributed by atoms with E-state index in [0.29, 0.717) is 24.7 Å². The molecule has 0 bridgehead atoms. The average molecular weight is 271 g/mol. The Morgan fingerprint density at radius 3 is 2.67 bits per heavy atom. The highest BCUT2D eigenvalue weighted by atomic mass is 32.2. The molecule has 7 nitrogen and oxygen atoms in total. The van der Waals surface area contributed by atoms with E-state index in [1.165, 1.54) is 6.07 Å². The topological polar surface area (TPSA) is 111 Å². The maximum absolute atomic E-state index is 11.0. The van der Waals surface area contributed by atoms with E-state index in [1.807, 2.05) is 0 Å². The first-order valence-electron chi connectivity index (χ1n) is 5.19. The van der Waals surface area contributed by atoms with Crippen LogP contribution in [0.25, 0.3) is 0 Å². The Kier molecular flexibility index (Phi) is 3.50. The number of nitrogens with one attached hydrogen (secondary N) is 1. The summed E-state index contributed by atoms with van der Waals surface area (Å²) in [5.41, 5.74) is 0. The molecule has 0 fully saturated rings. The molecule has 8 heteroatoms. The number of aromatic nitrogens is 1. The zero-order valence-electron chi connectivity index (χ0n) is 9.71. The maximum atomic E-state index is 11.0. The van der Waals surface area contributed by atoms with Gasteiger partial charge < -0.3 is 14.2 Å². The summed E-state index contributed by atoms with van der Waals surface area (Å²) in [5.74, 6) is 1.77. The van der Waals surface area contributed by atoms with Gasteiger partial charge in [-0.15, -0.1) is 0 Å². The summed E-state index contributed by atoms with van der Waals surface area (Å²) in [5, 5.41) is 7.69. The largest absolute Gasteiger partial charge is 0.447 e. The number of hydrogen-bond acceptors (Lipinski definition) is 6. The highest BCUT2D eigenvalue weighted by Gasteiger charge is 2.12. The van der Waals surface area contributed by atoms with E-state index in [2.05, 4.69) is 10.3 Å². The van der Waals surface area contributed by atoms with Crippen molar-refractivity contribution in [3.63, 3.8) is 0 Å². The Bertz CT molecular complexity index is 629. The van der Waals surface area contributed by atoms with Gasteiger partial charge in [0, 0.05) is 0 Å². The Hall–Kier alpha value is -1.64. The summed E-state index contributed by atoms with van der Waals surface area (Å²) >= 11 is 0. The molecule has 0 unspecified atom stereocenters. The van der Waals surface area contributed by atoms with Crippen LogP contribution in [0.15, 0.2) is 32.3 Å². The molecular formula is C10H13N3O4S. The molecular weight excluding hydrogens is 258 g/mol. The van der Waals surface area contributed by atoms with Crippen LogP contribution in [0.1, 0.15) is 17.4 Å². The quantitative estimate of drug-likeness (QED) is 0.819. The van der Waals surface area contributed by atoms with Gasteiger partial charge >= 0.3 is 0 Å². The zero-order chi connectivity index (χ0) is 13.2. The minimum Gasteiger partial charge on any atom is -0.447 e. The number of oxazole rings is 1. The van der Waals surface area contributed by atoms with E-state index >= 15 is 0 Å². The number of hydrogen-bond donors (Lipinski definition) is 2. The van der Waals surface area contributed by atoms with Crippen LogP contribution in [-0.2, 0) is 23.1 Å². The van der Waals surface area contributed by atoms with Crippen molar-refractivity contribution in [3.8, 4) is 0 Å². The Morgan fingerprint density at radius 2 is 2.11 bits per heavy atom. The van der Waals surface area contributed by atoms with Crippen LogP contribution in [0.4, 0.5) is 0 Å². The fraction of sp³-hybridized carbons (Fsp3) is 0.300. The van der Waals surface area contributed by atoms with Crippen LogP contribution in [0.2, 0.25) is 0 Å². The Morgan fingerprint density at radius 1 is 1.33 bits per heavy atom. The number of nitrogens with two attached hydrogens (primary N) is 1. The first-order chi connectivity index (χ1) is 8.45.